The third-order valence-corrected chi connectivity index (χ3v) is 7.27. The van der Waals surface area contributed by atoms with Crippen LogP contribution in [0.15, 0.2) is 54.9 Å². The zero-order chi connectivity index (χ0) is 25.5. The highest BCUT2D eigenvalue weighted by Crippen LogP contribution is 2.29. The van der Waals surface area contributed by atoms with E-state index in [1.54, 1.807) is 12.1 Å². The molecule has 1 aromatic carbocycles. The number of amides is 1. The van der Waals surface area contributed by atoms with Crippen molar-refractivity contribution in [3.05, 3.63) is 66.0 Å². The van der Waals surface area contributed by atoms with Gasteiger partial charge in [-0.25, -0.2) is 0 Å². The quantitative estimate of drug-likeness (QED) is 0.337. The second-order valence-electron chi connectivity index (χ2n) is 10.2. The van der Waals surface area contributed by atoms with Crippen LogP contribution in [0.5, 0.6) is 0 Å². The van der Waals surface area contributed by atoms with Crippen LogP contribution in [0, 0.1) is 17.2 Å². The molecule has 0 radical (unpaired) electrons. The number of carbonyl (C=O) groups is 1. The molecule has 5 rings (SSSR count). The normalized spacial score (nSPS) is 16.5. The average molecular weight is 498 g/mol. The van der Waals surface area contributed by atoms with Crippen LogP contribution in [0.2, 0.25) is 0 Å². The van der Waals surface area contributed by atoms with Crippen molar-refractivity contribution < 1.29 is 4.79 Å². The Morgan fingerprint density at radius 3 is 2.51 bits per heavy atom. The molecule has 2 saturated carbocycles. The molecule has 2 heterocycles. The zero-order valence-electron chi connectivity index (χ0n) is 21.2. The predicted molar refractivity (Wildman–Crippen MR) is 144 cm³/mol. The summed E-state index contributed by atoms with van der Waals surface area (Å²) >= 11 is 0. The van der Waals surface area contributed by atoms with Crippen molar-refractivity contribution in [2.24, 2.45) is 5.92 Å². The lowest BCUT2D eigenvalue weighted by Gasteiger charge is -2.25. The molecule has 192 valence electrons. The predicted octanol–water partition coefficient (Wildman–Crippen LogP) is 5.17. The lowest BCUT2D eigenvalue weighted by Crippen LogP contribution is -2.40. The number of nitriles is 1. The van der Waals surface area contributed by atoms with Gasteiger partial charge in [0.15, 0.2) is 0 Å². The molecular formula is C29H35N7O. The van der Waals surface area contributed by atoms with Crippen molar-refractivity contribution in [1.82, 2.24) is 19.9 Å². The molecule has 2 aliphatic rings. The first kappa shape index (κ1) is 24.8. The monoisotopic (exact) mass is 497 g/mol. The fraction of sp³-hybridized carbons (Fsp3) is 0.448. The number of hydrogen-bond donors (Lipinski definition) is 3. The summed E-state index contributed by atoms with van der Waals surface area (Å²) in [4.78, 5) is 22.8. The number of nitrogens with one attached hydrogen (secondary N) is 3. The van der Waals surface area contributed by atoms with Crippen molar-refractivity contribution in [2.75, 3.05) is 10.6 Å². The number of rotatable bonds is 11. The first-order chi connectivity index (χ1) is 18.2. The highest BCUT2D eigenvalue weighted by Gasteiger charge is 2.25. The van der Waals surface area contributed by atoms with Crippen molar-refractivity contribution in [2.45, 2.75) is 76.4 Å². The third kappa shape index (κ3) is 7.10. The molecule has 2 fully saturated rings. The fourth-order valence-corrected chi connectivity index (χ4v) is 4.94. The van der Waals surface area contributed by atoms with Gasteiger partial charge in [-0.3, -0.25) is 4.79 Å². The molecule has 1 amide bonds. The number of hydrogen-bond acceptors (Lipinski definition) is 6. The molecule has 2 aromatic heterocycles. The molecule has 0 aliphatic heterocycles. The van der Waals surface area contributed by atoms with Crippen molar-refractivity contribution >= 4 is 17.7 Å². The van der Waals surface area contributed by atoms with E-state index >= 15 is 0 Å². The van der Waals surface area contributed by atoms with E-state index in [1.807, 2.05) is 47.3 Å². The Kier molecular flexibility index (Phi) is 7.99. The van der Waals surface area contributed by atoms with Crippen molar-refractivity contribution in [3.8, 4) is 11.9 Å². The van der Waals surface area contributed by atoms with Gasteiger partial charge in [0.05, 0.1) is 11.6 Å². The Balaban J connectivity index is 1.32. The number of anilines is 2. The number of carbonyl (C=O) groups excluding carboxylic acids is 1. The van der Waals surface area contributed by atoms with Crippen LogP contribution in [0.25, 0.3) is 5.82 Å². The second-order valence-corrected chi connectivity index (χ2v) is 10.2. The van der Waals surface area contributed by atoms with Crippen molar-refractivity contribution in [3.63, 3.8) is 0 Å². The first-order valence-corrected chi connectivity index (χ1v) is 13.5. The maximum atomic E-state index is 13.4. The van der Waals surface area contributed by atoms with Gasteiger partial charge in [0, 0.05) is 31.0 Å². The van der Waals surface area contributed by atoms with Gasteiger partial charge in [-0.15, -0.1) is 0 Å². The van der Waals surface area contributed by atoms with Crippen LogP contribution in [0.4, 0.5) is 11.8 Å². The van der Waals surface area contributed by atoms with E-state index in [2.05, 4.69) is 22.0 Å². The molecule has 37 heavy (non-hydrogen) atoms. The van der Waals surface area contributed by atoms with Crippen molar-refractivity contribution in [1.29, 1.82) is 5.26 Å². The Bertz CT molecular complexity index is 1210. The Morgan fingerprint density at radius 1 is 1.05 bits per heavy atom. The average Bonchev–Trinajstić information content (AvgIpc) is 3.57. The van der Waals surface area contributed by atoms with Crippen LogP contribution >= 0.6 is 0 Å². The van der Waals surface area contributed by atoms with E-state index < -0.39 is 6.04 Å². The molecule has 2 aliphatic carbocycles. The molecular weight excluding hydrogens is 462 g/mol. The molecule has 8 heteroatoms. The lowest BCUT2D eigenvalue weighted by atomic mass is 9.85. The Morgan fingerprint density at radius 2 is 1.81 bits per heavy atom. The number of aromatic nitrogens is 3. The topological polar surface area (TPSA) is 108 Å². The lowest BCUT2D eigenvalue weighted by molar-refractivity contribution is -0.122. The fourth-order valence-electron chi connectivity index (χ4n) is 4.94. The summed E-state index contributed by atoms with van der Waals surface area (Å²) in [6.07, 6.45) is 14.3. The minimum atomic E-state index is -0.401. The summed E-state index contributed by atoms with van der Waals surface area (Å²) in [5.41, 5.74) is 1.58. The SMILES string of the molecule is N#Cc1ccc(CNC(=O)[C@@H](CCC2CCCCC2)Nc2cc(-n3cccc3)nc(NC3CC3)n2)cc1. The Labute approximate surface area is 218 Å². The molecule has 0 spiro atoms. The third-order valence-electron chi connectivity index (χ3n) is 7.27. The number of benzene rings is 1. The molecule has 0 unspecified atom stereocenters. The molecule has 3 N–H and O–H groups in total. The summed E-state index contributed by atoms with van der Waals surface area (Å²) in [7, 11) is 0. The smallest absolute Gasteiger partial charge is 0.242 e. The summed E-state index contributed by atoms with van der Waals surface area (Å²) in [6.45, 7) is 0.416. The van der Waals surface area contributed by atoms with Gasteiger partial charge in [0.25, 0.3) is 0 Å². The van der Waals surface area contributed by atoms with E-state index in [9.17, 15) is 4.79 Å². The number of nitrogens with zero attached hydrogens (tertiary/aromatic N) is 4. The highest BCUT2D eigenvalue weighted by molar-refractivity contribution is 5.84. The molecule has 0 bridgehead atoms. The molecule has 0 saturated heterocycles. The van der Waals surface area contributed by atoms with E-state index in [4.69, 9.17) is 15.2 Å². The molecule has 3 aromatic rings. The van der Waals surface area contributed by atoms with Crippen LogP contribution in [0.1, 0.15) is 68.9 Å². The summed E-state index contributed by atoms with van der Waals surface area (Å²) < 4.78 is 1.95. The Hall–Kier alpha value is -3.86. The first-order valence-electron chi connectivity index (χ1n) is 13.5. The largest absolute Gasteiger partial charge is 0.358 e. The van der Waals surface area contributed by atoms with Gasteiger partial charge < -0.3 is 20.5 Å². The van der Waals surface area contributed by atoms with E-state index in [0.717, 1.165) is 37.1 Å². The van der Waals surface area contributed by atoms with Gasteiger partial charge >= 0.3 is 0 Å². The van der Waals surface area contributed by atoms with Gasteiger partial charge in [-0.2, -0.15) is 15.2 Å². The molecule has 8 nitrogen and oxygen atoms in total. The van der Waals surface area contributed by atoms with Gasteiger partial charge in [-0.1, -0.05) is 44.2 Å². The van der Waals surface area contributed by atoms with Gasteiger partial charge in [0.2, 0.25) is 11.9 Å². The van der Waals surface area contributed by atoms with E-state index in [1.165, 1.54) is 32.1 Å². The van der Waals surface area contributed by atoms with E-state index in [-0.39, 0.29) is 5.91 Å². The van der Waals surface area contributed by atoms with Crippen LogP contribution < -0.4 is 16.0 Å². The van der Waals surface area contributed by atoms with Crippen LogP contribution in [-0.4, -0.2) is 32.5 Å². The maximum Gasteiger partial charge on any atom is 0.242 e. The van der Waals surface area contributed by atoms with Crippen LogP contribution in [0.3, 0.4) is 0 Å². The second kappa shape index (κ2) is 11.9. The molecule has 1 atom stereocenters. The van der Waals surface area contributed by atoms with Gasteiger partial charge in [-0.05, 0) is 61.4 Å². The highest BCUT2D eigenvalue weighted by atomic mass is 16.2. The standard InChI is InChI=1S/C29H35N7O/c30-19-22-8-10-23(11-9-22)20-31-28(37)25(15-12-21-6-2-1-3-7-21)33-26-18-27(36-16-4-5-17-36)35-29(34-26)32-24-13-14-24/h4-5,8-11,16-18,21,24-25H,1-3,6-7,12-15,20H2,(H,31,37)(H2,32,33,34,35)/t25-/m1/s1. The maximum absolute atomic E-state index is 13.4. The summed E-state index contributed by atoms with van der Waals surface area (Å²) in [5, 5.41) is 19.0. The van der Waals surface area contributed by atoms with E-state index in [0.29, 0.717) is 35.8 Å². The summed E-state index contributed by atoms with van der Waals surface area (Å²) in [6, 6.07) is 15.3. The minimum Gasteiger partial charge on any atom is -0.358 e. The summed E-state index contributed by atoms with van der Waals surface area (Å²) in [5.74, 6) is 2.62. The van der Waals surface area contributed by atoms with Crippen LogP contribution in [-0.2, 0) is 11.3 Å². The zero-order valence-corrected chi connectivity index (χ0v) is 21.2. The van der Waals surface area contributed by atoms with Gasteiger partial charge in [0.1, 0.15) is 17.7 Å². The minimum absolute atomic E-state index is 0.0435.